The summed E-state index contributed by atoms with van der Waals surface area (Å²) in [5, 5.41) is 2.98. The first-order valence-corrected chi connectivity index (χ1v) is 4.72. The van der Waals surface area contributed by atoms with Crippen molar-refractivity contribution in [1.29, 1.82) is 0 Å². The van der Waals surface area contributed by atoms with Gasteiger partial charge in [0.2, 0.25) is 0 Å². The van der Waals surface area contributed by atoms with E-state index in [0.717, 1.165) is 11.1 Å². The predicted molar refractivity (Wildman–Crippen MR) is 58.1 cm³/mol. The molecule has 3 heteroatoms. The van der Waals surface area contributed by atoms with Gasteiger partial charge in [0.15, 0.2) is 0 Å². The maximum atomic E-state index is 11.5. The van der Waals surface area contributed by atoms with Crippen molar-refractivity contribution in [2.75, 3.05) is 0 Å². The highest BCUT2D eigenvalue weighted by molar-refractivity contribution is 6.21. The molecule has 0 aromatic heterocycles. The van der Waals surface area contributed by atoms with Crippen LogP contribution in [0.15, 0.2) is 53.2 Å². The van der Waals surface area contributed by atoms with Gasteiger partial charge in [-0.2, -0.15) is 4.99 Å². The van der Waals surface area contributed by atoms with Crippen molar-refractivity contribution < 1.29 is 4.79 Å². The molecule has 0 atom stereocenters. The van der Waals surface area contributed by atoms with Crippen molar-refractivity contribution in [3.05, 3.63) is 53.7 Å². The van der Waals surface area contributed by atoms with Gasteiger partial charge >= 0.3 is 0 Å². The van der Waals surface area contributed by atoms with E-state index >= 15 is 0 Å². The molecule has 1 N–H and O–H groups in total. The van der Waals surface area contributed by atoms with Gasteiger partial charge in [0.05, 0.1) is 0 Å². The van der Waals surface area contributed by atoms with E-state index in [4.69, 9.17) is 0 Å². The average molecular weight is 196 g/mol. The molecule has 2 heterocycles. The Morgan fingerprint density at radius 2 is 1.87 bits per heavy atom. The number of nitrogens with one attached hydrogen (secondary N) is 1. The fourth-order valence-corrected chi connectivity index (χ4v) is 1.74. The Labute approximate surface area is 86.8 Å². The van der Waals surface area contributed by atoms with Crippen LogP contribution in [0.1, 0.15) is 5.56 Å². The Kier molecular flexibility index (Phi) is 1.59. The van der Waals surface area contributed by atoms with E-state index in [1.54, 1.807) is 0 Å². The van der Waals surface area contributed by atoms with Crippen molar-refractivity contribution >= 4 is 17.3 Å². The molecule has 1 amide bonds. The second-order valence-electron chi connectivity index (χ2n) is 3.42. The van der Waals surface area contributed by atoms with E-state index in [-0.39, 0.29) is 5.91 Å². The monoisotopic (exact) mass is 196 g/mol. The lowest BCUT2D eigenvalue weighted by molar-refractivity contribution is -0.114. The van der Waals surface area contributed by atoms with E-state index < -0.39 is 0 Å². The first-order valence-electron chi connectivity index (χ1n) is 4.72. The fourth-order valence-electron chi connectivity index (χ4n) is 1.74. The predicted octanol–water partition coefficient (Wildman–Crippen LogP) is 1.50. The number of dihydropyridines is 1. The van der Waals surface area contributed by atoms with Crippen LogP contribution in [-0.2, 0) is 4.79 Å². The Hall–Kier alpha value is -2.16. The number of nitrogens with zero attached hydrogens (tertiary/aromatic N) is 1. The number of fused-ring (bicyclic) bond motifs is 2. The Balaban J connectivity index is 2.16. The van der Waals surface area contributed by atoms with Gasteiger partial charge in [-0.05, 0) is 17.7 Å². The van der Waals surface area contributed by atoms with E-state index in [9.17, 15) is 4.79 Å². The summed E-state index contributed by atoms with van der Waals surface area (Å²) in [7, 11) is 0. The summed E-state index contributed by atoms with van der Waals surface area (Å²) in [6, 6.07) is 9.81. The highest BCUT2D eigenvalue weighted by Crippen LogP contribution is 2.25. The molecule has 3 nitrogen and oxygen atoms in total. The SMILES string of the molecule is O=C1N=C2C=CC(c3ccccc3)=C1N2. The molecule has 1 aromatic rings. The van der Waals surface area contributed by atoms with Crippen molar-refractivity contribution in [1.82, 2.24) is 5.32 Å². The topological polar surface area (TPSA) is 41.5 Å². The maximum absolute atomic E-state index is 11.5. The molecule has 0 aliphatic carbocycles. The summed E-state index contributed by atoms with van der Waals surface area (Å²) in [6.45, 7) is 0. The summed E-state index contributed by atoms with van der Waals surface area (Å²) < 4.78 is 0. The Morgan fingerprint density at radius 1 is 1.07 bits per heavy atom. The molecule has 0 saturated heterocycles. The molecule has 72 valence electrons. The highest BCUT2D eigenvalue weighted by atomic mass is 16.2. The third-order valence-corrected chi connectivity index (χ3v) is 2.45. The molecule has 2 bridgehead atoms. The molecular weight excluding hydrogens is 188 g/mol. The summed E-state index contributed by atoms with van der Waals surface area (Å²) in [5.41, 5.74) is 2.52. The Morgan fingerprint density at radius 3 is 2.67 bits per heavy atom. The zero-order valence-corrected chi connectivity index (χ0v) is 7.90. The summed E-state index contributed by atoms with van der Waals surface area (Å²) >= 11 is 0. The zero-order valence-electron chi connectivity index (χ0n) is 7.90. The average Bonchev–Trinajstić information content (AvgIpc) is 2.57. The van der Waals surface area contributed by atoms with Crippen molar-refractivity contribution in [3.8, 4) is 0 Å². The van der Waals surface area contributed by atoms with Crippen LogP contribution in [0.5, 0.6) is 0 Å². The van der Waals surface area contributed by atoms with Crippen LogP contribution in [-0.4, -0.2) is 11.7 Å². The molecule has 15 heavy (non-hydrogen) atoms. The van der Waals surface area contributed by atoms with Crippen molar-refractivity contribution in [2.24, 2.45) is 4.99 Å². The number of carbonyl (C=O) groups is 1. The minimum atomic E-state index is -0.186. The second kappa shape index (κ2) is 2.92. The second-order valence-corrected chi connectivity index (χ2v) is 3.42. The van der Waals surface area contributed by atoms with Crippen LogP contribution in [0.2, 0.25) is 0 Å². The number of rotatable bonds is 1. The number of aliphatic imine (C=N–C) groups is 1. The normalized spacial score (nSPS) is 17.9. The van der Waals surface area contributed by atoms with E-state index in [2.05, 4.69) is 10.3 Å². The maximum Gasteiger partial charge on any atom is 0.296 e. The number of amides is 1. The van der Waals surface area contributed by atoms with Gasteiger partial charge in [-0.1, -0.05) is 30.3 Å². The van der Waals surface area contributed by atoms with Crippen LogP contribution in [0.3, 0.4) is 0 Å². The van der Waals surface area contributed by atoms with Crippen LogP contribution in [0, 0.1) is 0 Å². The van der Waals surface area contributed by atoms with Gasteiger partial charge in [-0.3, -0.25) is 4.79 Å². The minimum absolute atomic E-state index is 0.186. The first kappa shape index (κ1) is 8.17. The van der Waals surface area contributed by atoms with Crippen molar-refractivity contribution in [3.63, 3.8) is 0 Å². The highest BCUT2D eigenvalue weighted by Gasteiger charge is 2.25. The van der Waals surface area contributed by atoms with E-state index in [1.807, 2.05) is 42.5 Å². The summed E-state index contributed by atoms with van der Waals surface area (Å²) in [5.74, 6) is 0.448. The lowest BCUT2D eigenvalue weighted by Gasteiger charge is -2.10. The number of benzene rings is 1. The van der Waals surface area contributed by atoms with Crippen molar-refractivity contribution in [2.45, 2.75) is 0 Å². The molecule has 2 aliphatic heterocycles. The molecule has 3 rings (SSSR count). The Bertz CT molecular complexity index is 524. The lowest BCUT2D eigenvalue weighted by atomic mass is 10.0. The molecule has 0 saturated carbocycles. The molecule has 0 radical (unpaired) electrons. The van der Waals surface area contributed by atoms with Gasteiger partial charge < -0.3 is 5.32 Å². The number of carbonyl (C=O) groups excluding carboxylic acids is 1. The molecule has 0 spiro atoms. The number of hydrogen-bond donors (Lipinski definition) is 1. The first-order chi connectivity index (χ1) is 7.34. The summed E-state index contributed by atoms with van der Waals surface area (Å²) in [4.78, 5) is 15.3. The molecule has 0 unspecified atom stereocenters. The number of hydrogen-bond acceptors (Lipinski definition) is 2. The van der Waals surface area contributed by atoms with Crippen LogP contribution in [0.25, 0.3) is 5.57 Å². The van der Waals surface area contributed by atoms with Gasteiger partial charge in [0.1, 0.15) is 11.5 Å². The smallest absolute Gasteiger partial charge is 0.296 e. The van der Waals surface area contributed by atoms with Gasteiger partial charge in [-0.15, -0.1) is 0 Å². The molecule has 2 aliphatic rings. The fraction of sp³-hybridized carbons (Fsp3) is 0. The third kappa shape index (κ3) is 1.21. The van der Waals surface area contributed by atoms with Crippen LogP contribution in [0.4, 0.5) is 0 Å². The standard InChI is InChI=1S/C12H8N2O/c15-12-11-9(6-7-10(13-11)14-12)8-4-2-1-3-5-8/h1-7H,(H,13,14,15). The largest absolute Gasteiger partial charge is 0.335 e. The third-order valence-electron chi connectivity index (χ3n) is 2.45. The van der Waals surface area contributed by atoms with Gasteiger partial charge in [0, 0.05) is 5.57 Å². The molecular formula is C12H8N2O. The quantitative estimate of drug-likeness (QED) is 0.739. The molecule has 1 aromatic carbocycles. The number of allylic oxidation sites excluding steroid dienone is 2. The molecule has 0 fully saturated rings. The van der Waals surface area contributed by atoms with Crippen LogP contribution >= 0.6 is 0 Å². The van der Waals surface area contributed by atoms with E-state index in [1.165, 1.54) is 0 Å². The van der Waals surface area contributed by atoms with Gasteiger partial charge in [0.25, 0.3) is 5.91 Å². The minimum Gasteiger partial charge on any atom is -0.335 e. The van der Waals surface area contributed by atoms with Crippen LogP contribution < -0.4 is 5.32 Å². The van der Waals surface area contributed by atoms with E-state index in [0.29, 0.717) is 11.5 Å². The summed E-state index contributed by atoms with van der Waals surface area (Å²) in [6.07, 6.45) is 3.74. The van der Waals surface area contributed by atoms with Gasteiger partial charge in [-0.25, -0.2) is 0 Å². The lowest BCUT2D eigenvalue weighted by Crippen LogP contribution is -2.20. The zero-order chi connectivity index (χ0) is 10.3. The number of amidine groups is 1.